The fraction of sp³-hybridized carbons (Fsp3) is 0.500. The maximum absolute atomic E-state index is 12.3. The van der Waals surface area contributed by atoms with Crippen molar-refractivity contribution in [1.29, 1.82) is 0 Å². The van der Waals surface area contributed by atoms with E-state index in [9.17, 15) is 13.2 Å². The van der Waals surface area contributed by atoms with E-state index in [0.717, 1.165) is 12.8 Å². The molecule has 20 heavy (non-hydrogen) atoms. The van der Waals surface area contributed by atoms with E-state index in [1.807, 2.05) is 0 Å². The first-order chi connectivity index (χ1) is 9.41. The monoisotopic (exact) mass is 296 g/mol. The summed E-state index contributed by atoms with van der Waals surface area (Å²) in [7, 11) is -3.40. The Bertz CT molecular complexity index is 575. The zero-order valence-electron chi connectivity index (χ0n) is 11.5. The Morgan fingerprint density at radius 3 is 2.35 bits per heavy atom. The van der Waals surface area contributed by atoms with Gasteiger partial charge in [0.1, 0.15) is 5.25 Å². The molecule has 110 valence electrons. The largest absolute Gasteiger partial charge is 0.399 e. The van der Waals surface area contributed by atoms with Crippen molar-refractivity contribution in [2.24, 2.45) is 0 Å². The third-order valence-corrected chi connectivity index (χ3v) is 6.41. The van der Waals surface area contributed by atoms with Crippen molar-refractivity contribution in [2.45, 2.75) is 43.1 Å². The van der Waals surface area contributed by atoms with E-state index in [2.05, 4.69) is 5.32 Å². The fourth-order valence-corrected chi connectivity index (χ4v) is 4.39. The topological polar surface area (TPSA) is 89.3 Å². The number of sulfone groups is 1. The number of anilines is 2. The molecule has 6 heteroatoms. The number of hydrogen-bond donors (Lipinski definition) is 2. The highest BCUT2D eigenvalue weighted by atomic mass is 32.2. The quantitative estimate of drug-likeness (QED) is 0.831. The molecule has 0 bridgehead atoms. The number of nitrogens with one attached hydrogen (secondary N) is 1. The number of amides is 1. The van der Waals surface area contributed by atoms with Crippen LogP contribution in [0.4, 0.5) is 11.4 Å². The molecule has 1 aromatic rings. The summed E-state index contributed by atoms with van der Waals surface area (Å²) in [5.41, 5.74) is 6.71. The predicted molar refractivity (Wildman–Crippen MR) is 80.1 cm³/mol. The second kappa shape index (κ2) is 5.83. The summed E-state index contributed by atoms with van der Waals surface area (Å²) < 4.78 is 24.7. The lowest BCUT2D eigenvalue weighted by Crippen LogP contribution is -2.37. The molecule has 2 rings (SSSR count). The first-order valence-electron chi connectivity index (χ1n) is 6.80. The van der Waals surface area contributed by atoms with Crippen molar-refractivity contribution in [3.05, 3.63) is 24.3 Å². The van der Waals surface area contributed by atoms with E-state index in [4.69, 9.17) is 5.73 Å². The molecule has 1 aliphatic carbocycles. The minimum Gasteiger partial charge on any atom is -0.399 e. The summed E-state index contributed by atoms with van der Waals surface area (Å²) in [5, 5.41) is 1.23. The first kappa shape index (κ1) is 14.8. The van der Waals surface area contributed by atoms with E-state index in [1.54, 1.807) is 24.3 Å². The molecule has 3 N–H and O–H groups in total. The van der Waals surface area contributed by atoms with Crippen LogP contribution in [0.1, 0.15) is 32.6 Å². The SMILES string of the molecule is CC(C(=O)Nc1ccc(N)cc1)S(=O)(=O)C1CCCC1. The number of nitrogen functional groups attached to an aromatic ring is 1. The van der Waals surface area contributed by atoms with Crippen molar-refractivity contribution in [3.8, 4) is 0 Å². The van der Waals surface area contributed by atoms with E-state index < -0.39 is 21.0 Å². The number of hydrogen-bond acceptors (Lipinski definition) is 4. The molecule has 0 radical (unpaired) electrons. The Balaban J connectivity index is 2.06. The standard InChI is InChI=1S/C14H20N2O3S/c1-10(20(18,19)13-4-2-3-5-13)14(17)16-12-8-6-11(15)7-9-12/h6-10,13H,2-5,15H2,1H3,(H,16,17). The maximum Gasteiger partial charge on any atom is 0.242 e. The predicted octanol–water partition coefficient (Wildman–Crippen LogP) is 1.95. The third kappa shape index (κ3) is 3.12. The van der Waals surface area contributed by atoms with Gasteiger partial charge in [0.15, 0.2) is 9.84 Å². The molecule has 5 nitrogen and oxygen atoms in total. The molecular weight excluding hydrogens is 276 g/mol. The van der Waals surface area contributed by atoms with Gasteiger partial charge in [-0.2, -0.15) is 0 Å². The third-order valence-electron chi connectivity index (χ3n) is 3.81. The van der Waals surface area contributed by atoms with Gasteiger partial charge in [-0.15, -0.1) is 0 Å². The molecular formula is C14H20N2O3S. The van der Waals surface area contributed by atoms with Crippen LogP contribution < -0.4 is 11.1 Å². The fourth-order valence-electron chi connectivity index (χ4n) is 2.47. The molecule has 1 aromatic carbocycles. The van der Waals surface area contributed by atoms with Gasteiger partial charge >= 0.3 is 0 Å². The van der Waals surface area contributed by atoms with Crippen LogP contribution in [0.15, 0.2) is 24.3 Å². The lowest BCUT2D eigenvalue weighted by atomic mass is 10.3. The van der Waals surface area contributed by atoms with Crippen LogP contribution in [-0.2, 0) is 14.6 Å². The Kier molecular flexibility index (Phi) is 4.32. The Morgan fingerprint density at radius 1 is 1.25 bits per heavy atom. The highest BCUT2D eigenvalue weighted by Crippen LogP contribution is 2.27. The van der Waals surface area contributed by atoms with Gasteiger partial charge in [0.25, 0.3) is 0 Å². The lowest BCUT2D eigenvalue weighted by Gasteiger charge is -2.17. The minimum atomic E-state index is -3.40. The number of carbonyl (C=O) groups is 1. The van der Waals surface area contributed by atoms with Crippen LogP contribution in [0.3, 0.4) is 0 Å². The molecule has 0 saturated heterocycles. The van der Waals surface area contributed by atoms with Gasteiger partial charge in [-0.05, 0) is 44.0 Å². The summed E-state index contributed by atoms with van der Waals surface area (Å²) in [4.78, 5) is 12.1. The maximum atomic E-state index is 12.3. The second-order valence-corrected chi connectivity index (χ2v) is 7.80. The molecule has 1 aliphatic rings. The lowest BCUT2D eigenvalue weighted by molar-refractivity contribution is -0.115. The second-order valence-electron chi connectivity index (χ2n) is 5.25. The molecule has 1 unspecified atom stereocenters. The molecule has 0 spiro atoms. The van der Waals surface area contributed by atoms with Crippen molar-refractivity contribution in [3.63, 3.8) is 0 Å². The molecule has 1 atom stereocenters. The number of rotatable bonds is 4. The number of benzene rings is 1. The van der Waals surface area contributed by atoms with Crippen LogP contribution >= 0.6 is 0 Å². The average Bonchev–Trinajstić information content (AvgIpc) is 2.95. The summed E-state index contributed by atoms with van der Waals surface area (Å²) >= 11 is 0. The summed E-state index contributed by atoms with van der Waals surface area (Å²) in [6.07, 6.45) is 3.19. The smallest absolute Gasteiger partial charge is 0.242 e. The first-order valence-corrected chi connectivity index (χ1v) is 8.41. The van der Waals surface area contributed by atoms with Crippen molar-refractivity contribution in [1.82, 2.24) is 0 Å². The van der Waals surface area contributed by atoms with Crippen LogP contribution in [0.25, 0.3) is 0 Å². The van der Waals surface area contributed by atoms with Crippen molar-refractivity contribution >= 4 is 27.1 Å². The average molecular weight is 296 g/mol. The van der Waals surface area contributed by atoms with Gasteiger partial charge in [0.05, 0.1) is 5.25 Å². The Morgan fingerprint density at radius 2 is 1.80 bits per heavy atom. The van der Waals surface area contributed by atoms with Gasteiger partial charge < -0.3 is 11.1 Å². The number of nitrogens with two attached hydrogens (primary N) is 1. The molecule has 1 amide bonds. The Hall–Kier alpha value is -1.56. The van der Waals surface area contributed by atoms with Crippen LogP contribution in [0.2, 0.25) is 0 Å². The zero-order chi connectivity index (χ0) is 14.8. The van der Waals surface area contributed by atoms with Crippen molar-refractivity contribution in [2.75, 3.05) is 11.1 Å². The van der Waals surface area contributed by atoms with Gasteiger partial charge in [0, 0.05) is 11.4 Å². The van der Waals surface area contributed by atoms with Gasteiger partial charge in [-0.3, -0.25) is 4.79 Å². The van der Waals surface area contributed by atoms with Crippen molar-refractivity contribution < 1.29 is 13.2 Å². The molecule has 0 aliphatic heterocycles. The van der Waals surface area contributed by atoms with Gasteiger partial charge in [-0.1, -0.05) is 12.8 Å². The van der Waals surface area contributed by atoms with Gasteiger partial charge in [-0.25, -0.2) is 8.42 Å². The highest BCUT2D eigenvalue weighted by Gasteiger charge is 2.37. The number of carbonyl (C=O) groups excluding carboxylic acids is 1. The van der Waals surface area contributed by atoms with Crippen LogP contribution in [-0.4, -0.2) is 24.8 Å². The molecule has 0 heterocycles. The zero-order valence-corrected chi connectivity index (χ0v) is 12.3. The molecule has 1 saturated carbocycles. The molecule has 0 aromatic heterocycles. The summed E-state index contributed by atoms with van der Waals surface area (Å²) in [6, 6.07) is 6.63. The highest BCUT2D eigenvalue weighted by molar-refractivity contribution is 7.93. The van der Waals surface area contributed by atoms with E-state index >= 15 is 0 Å². The van der Waals surface area contributed by atoms with E-state index in [-0.39, 0.29) is 5.25 Å². The van der Waals surface area contributed by atoms with Gasteiger partial charge in [0.2, 0.25) is 5.91 Å². The minimum absolute atomic E-state index is 0.366. The normalized spacial score (nSPS) is 17.9. The van der Waals surface area contributed by atoms with E-state index in [1.165, 1.54) is 6.92 Å². The summed E-state index contributed by atoms with van der Waals surface area (Å²) in [6.45, 7) is 1.46. The van der Waals surface area contributed by atoms with Crippen LogP contribution in [0.5, 0.6) is 0 Å². The summed E-state index contributed by atoms with van der Waals surface area (Å²) in [5.74, 6) is -0.485. The van der Waals surface area contributed by atoms with Crippen LogP contribution in [0, 0.1) is 0 Å². The molecule has 1 fully saturated rings. The van der Waals surface area contributed by atoms with E-state index in [0.29, 0.717) is 24.2 Å². The Labute approximate surface area is 119 Å².